The quantitative estimate of drug-likeness (QED) is 0.840. The van der Waals surface area contributed by atoms with E-state index in [0.29, 0.717) is 16.4 Å². The van der Waals surface area contributed by atoms with Gasteiger partial charge < -0.3 is 10.6 Å². The first-order valence-corrected chi connectivity index (χ1v) is 7.91. The molecule has 0 spiro atoms. The van der Waals surface area contributed by atoms with Crippen LogP contribution >= 0.6 is 23.8 Å². The molecule has 2 N–H and O–H groups in total. The van der Waals surface area contributed by atoms with Crippen molar-refractivity contribution in [1.82, 2.24) is 0 Å². The molecule has 20 heavy (non-hydrogen) atoms. The van der Waals surface area contributed by atoms with Crippen LogP contribution in [0, 0.1) is 5.41 Å². The molecule has 4 heteroatoms. The molecule has 2 rings (SSSR count). The van der Waals surface area contributed by atoms with E-state index in [1.165, 1.54) is 25.7 Å². The lowest BCUT2D eigenvalue weighted by molar-refractivity contribution is 0.222. The Kier molecular flexibility index (Phi) is 4.60. The number of nitrogens with two attached hydrogens (primary N) is 1. The summed E-state index contributed by atoms with van der Waals surface area (Å²) in [5.41, 5.74) is 8.27. The number of hydrogen-bond donors (Lipinski definition) is 1. The van der Waals surface area contributed by atoms with E-state index in [-0.39, 0.29) is 0 Å². The second kappa shape index (κ2) is 5.90. The monoisotopic (exact) mass is 310 g/mol. The van der Waals surface area contributed by atoms with Crippen molar-refractivity contribution in [2.24, 2.45) is 11.1 Å². The van der Waals surface area contributed by atoms with Gasteiger partial charge >= 0.3 is 0 Å². The third-order valence-electron chi connectivity index (χ3n) is 4.46. The summed E-state index contributed by atoms with van der Waals surface area (Å²) in [5, 5.41) is 0.725. The minimum Gasteiger partial charge on any atom is -0.389 e. The molecule has 1 aromatic rings. The smallest absolute Gasteiger partial charge is 0.106 e. The maximum atomic E-state index is 6.14. The molecule has 0 aliphatic heterocycles. The lowest BCUT2D eigenvalue weighted by atomic mass is 9.75. The summed E-state index contributed by atoms with van der Waals surface area (Å²) in [4.78, 5) is 2.73. The Bertz CT molecular complexity index is 503. The molecule has 0 aromatic heterocycles. The van der Waals surface area contributed by atoms with Crippen molar-refractivity contribution in [3.8, 4) is 0 Å². The van der Waals surface area contributed by atoms with E-state index in [1.807, 2.05) is 18.2 Å². The van der Waals surface area contributed by atoms with Gasteiger partial charge in [0.15, 0.2) is 0 Å². The van der Waals surface area contributed by atoms with Crippen molar-refractivity contribution in [1.29, 1.82) is 0 Å². The number of hydrogen-bond acceptors (Lipinski definition) is 2. The van der Waals surface area contributed by atoms with E-state index < -0.39 is 0 Å². The molecular weight excluding hydrogens is 288 g/mol. The number of anilines is 1. The van der Waals surface area contributed by atoms with Crippen LogP contribution in [0.5, 0.6) is 0 Å². The first-order chi connectivity index (χ1) is 9.30. The van der Waals surface area contributed by atoms with Crippen LogP contribution in [0.2, 0.25) is 5.02 Å². The summed E-state index contributed by atoms with van der Waals surface area (Å²) in [6, 6.07) is 6.27. The largest absolute Gasteiger partial charge is 0.389 e. The summed E-state index contributed by atoms with van der Waals surface area (Å²) in [7, 11) is 2.12. The predicted octanol–water partition coefficient (Wildman–Crippen LogP) is 4.38. The molecule has 0 heterocycles. The third kappa shape index (κ3) is 3.44. The van der Waals surface area contributed by atoms with Crippen LogP contribution in [0.3, 0.4) is 0 Å². The second-order valence-electron chi connectivity index (χ2n) is 6.53. The zero-order valence-corrected chi connectivity index (χ0v) is 14.0. The summed E-state index contributed by atoms with van der Waals surface area (Å²) < 4.78 is 0. The van der Waals surface area contributed by atoms with Gasteiger partial charge in [-0.25, -0.2) is 0 Å². The Morgan fingerprint density at radius 1 is 1.35 bits per heavy atom. The lowest BCUT2D eigenvalue weighted by Gasteiger charge is -2.40. The van der Waals surface area contributed by atoms with E-state index in [0.717, 1.165) is 16.3 Å². The van der Waals surface area contributed by atoms with Crippen LogP contribution in [0.15, 0.2) is 18.2 Å². The number of nitrogens with zero attached hydrogens (tertiary/aromatic N) is 1. The number of thiocarbonyl (C=S) groups is 1. The van der Waals surface area contributed by atoms with Crippen LogP contribution in [0.1, 0.15) is 45.1 Å². The number of halogens is 1. The maximum Gasteiger partial charge on any atom is 0.106 e. The molecule has 1 aliphatic rings. The Morgan fingerprint density at radius 2 is 1.95 bits per heavy atom. The highest BCUT2D eigenvalue weighted by Gasteiger charge is 2.29. The molecular formula is C16H23ClN2S. The molecule has 0 radical (unpaired) electrons. The summed E-state index contributed by atoms with van der Waals surface area (Å²) in [6.45, 7) is 4.70. The first kappa shape index (κ1) is 15.6. The molecule has 0 saturated heterocycles. The van der Waals surface area contributed by atoms with Crippen molar-refractivity contribution in [2.45, 2.75) is 45.6 Å². The van der Waals surface area contributed by atoms with Crippen LogP contribution < -0.4 is 10.6 Å². The van der Waals surface area contributed by atoms with E-state index in [1.54, 1.807) is 0 Å². The van der Waals surface area contributed by atoms with Crippen LogP contribution in [0.4, 0.5) is 5.69 Å². The minimum absolute atomic E-state index is 0.430. The molecule has 0 unspecified atom stereocenters. The van der Waals surface area contributed by atoms with E-state index in [4.69, 9.17) is 29.6 Å². The Morgan fingerprint density at radius 3 is 2.50 bits per heavy atom. The van der Waals surface area contributed by atoms with E-state index in [9.17, 15) is 0 Å². The highest BCUT2D eigenvalue weighted by Crippen LogP contribution is 2.38. The van der Waals surface area contributed by atoms with Gasteiger partial charge in [0.1, 0.15) is 4.99 Å². The third-order valence-corrected chi connectivity index (χ3v) is 4.92. The summed E-state index contributed by atoms with van der Waals surface area (Å²) in [5.74, 6) is 0. The highest BCUT2D eigenvalue weighted by molar-refractivity contribution is 7.80. The molecule has 110 valence electrons. The fourth-order valence-corrected chi connectivity index (χ4v) is 3.31. The van der Waals surface area contributed by atoms with Gasteiger partial charge in [-0.2, -0.15) is 0 Å². The molecule has 1 aromatic carbocycles. The Balaban J connectivity index is 2.23. The second-order valence-corrected chi connectivity index (χ2v) is 7.41. The molecule has 0 bridgehead atoms. The van der Waals surface area contributed by atoms with Gasteiger partial charge in [-0.05, 0) is 49.3 Å². The molecule has 1 fully saturated rings. The minimum atomic E-state index is 0.430. The highest BCUT2D eigenvalue weighted by atomic mass is 35.5. The topological polar surface area (TPSA) is 29.3 Å². The number of rotatable bonds is 3. The van der Waals surface area contributed by atoms with Crippen molar-refractivity contribution in [3.63, 3.8) is 0 Å². The van der Waals surface area contributed by atoms with Gasteiger partial charge in [-0.3, -0.25) is 0 Å². The van der Waals surface area contributed by atoms with Crippen LogP contribution in [-0.2, 0) is 0 Å². The van der Waals surface area contributed by atoms with Gasteiger partial charge in [0, 0.05) is 29.4 Å². The zero-order valence-electron chi connectivity index (χ0n) is 12.4. The van der Waals surface area contributed by atoms with Crippen molar-refractivity contribution >= 4 is 34.5 Å². The predicted molar refractivity (Wildman–Crippen MR) is 91.8 cm³/mol. The van der Waals surface area contributed by atoms with Gasteiger partial charge in [0.05, 0.1) is 0 Å². The van der Waals surface area contributed by atoms with Crippen LogP contribution in [0.25, 0.3) is 0 Å². The summed E-state index contributed by atoms with van der Waals surface area (Å²) in [6.07, 6.45) is 4.91. The average Bonchev–Trinajstić information content (AvgIpc) is 2.37. The van der Waals surface area contributed by atoms with Gasteiger partial charge in [0.25, 0.3) is 0 Å². The van der Waals surface area contributed by atoms with E-state index >= 15 is 0 Å². The molecule has 1 aliphatic carbocycles. The fourth-order valence-electron chi connectivity index (χ4n) is 2.97. The first-order valence-electron chi connectivity index (χ1n) is 7.12. The van der Waals surface area contributed by atoms with Crippen molar-refractivity contribution in [2.75, 3.05) is 11.9 Å². The Labute approximate surface area is 132 Å². The van der Waals surface area contributed by atoms with Gasteiger partial charge in [0.2, 0.25) is 0 Å². The molecule has 0 amide bonds. The van der Waals surface area contributed by atoms with Crippen molar-refractivity contribution < 1.29 is 0 Å². The molecule has 2 nitrogen and oxygen atoms in total. The number of benzene rings is 1. The normalized spacial score (nSPS) is 18.8. The van der Waals surface area contributed by atoms with Crippen LogP contribution in [-0.4, -0.2) is 18.1 Å². The van der Waals surface area contributed by atoms with Gasteiger partial charge in [-0.1, -0.05) is 37.7 Å². The molecule has 0 atom stereocenters. The SMILES string of the molecule is CN(c1cc(Cl)ccc1C(N)=S)C1CCC(C)(C)CC1. The Hall–Kier alpha value is -0.800. The maximum absolute atomic E-state index is 6.14. The van der Waals surface area contributed by atoms with E-state index in [2.05, 4.69) is 25.8 Å². The zero-order chi connectivity index (χ0) is 14.9. The van der Waals surface area contributed by atoms with Gasteiger partial charge in [-0.15, -0.1) is 0 Å². The average molecular weight is 311 g/mol. The van der Waals surface area contributed by atoms with Crippen molar-refractivity contribution in [3.05, 3.63) is 28.8 Å². The fraction of sp³-hybridized carbons (Fsp3) is 0.562. The standard InChI is InChI=1S/C16H23ClN2S/c1-16(2)8-6-12(7-9-16)19(3)14-10-11(17)4-5-13(14)15(18)20/h4-5,10,12H,6-9H2,1-3H3,(H2,18,20). The summed E-state index contributed by atoms with van der Waals surface area (Å²) >= 11 is 11.3. The lowest BCUT2D eigenvalue weighted by Crippen LogP contribution is -2.38. The molecule has 1 saturated carbocycles.